The van der Waals surface area contributed by atoms with E-state index in [1.807, 2.05) is 0 Å². The van der Waals surface area contributed by atoms with Crippen molar-refractivity contribution in [2.45, 2.75) is 0 Å². The van der Waals surface area contributed by atoms with Crippen molar-refractivity contribution in [2.75, 3.05) is 44.1 Å². The van der Waals surface area contributed by atoms with Crippen LogP contribution < -0.4 is 16.7 Å². The number of hydrogen-bond donors (Lipinski definition) is 3. The molecular weight excluding hydrogens is 286 g/mol. The molecule has 2 rings (SSSR count). The van der Waals surface area contributed by atoms with Crippen LogP contribution in [0.4, 0.5) is 11.6 Å². The van der Waals surface area contributed by atoms with Crippen molar-refractivity contribution in [3.8, 4) is 0 Å². The standard InChI is InChI=1S/C9H16BrN7/c1-16-2-4-17(5-3-16)15-9-7(10)8(14-11)12-6-13-9/h6H,2-5,11H2,1H3,(H2,12,13,14,15). The maximum atomic E-state index is 5.35. The molecule has 0 spiro atoms. The number of hydrogen-bond acceptors (Lipinski definition) is 7. The maximum Gasteiger partial charge on any atom is 0.160 e. The molecule has 0 saturated carbocycles. The first-order chi connectivity index (χ1) is 8.20. The molecular formula is C9H16BrN7. The van der Waals surface area contributed by atoms with E-state index in [2.05, 4.69) is 53.7 Å². The Kier molecular flexibility index (Phi) is 4.11. The predicted octanol–water partition coefficient (Wildman–Crippen LogP) is 0.0990. The van der Waals surface area contributed by atoms with Crippen LogP contribution in [0.5, 0.6) is 0 Å². The van der Waals surface area contributed by atoms with Crippen LogP contribution in [0.25, 0.3) is 0 Å². The number of nitrogens with one attached hydrogen (secondary N) is 2. The number of rotatable bonds is 3. The van der Waals surface area contributed by atoms with Crippen LogP contribution in [0.2, 0.25) is 0 Å². The van der Waals surface area contributed by atoms with Gasteiger partial charge < -0.3 is 15.8 Å². The van der Waals surface area contributed by atoms with E-state index in [0.717, 1.165) is 36.5 Å². The van der Waals surface area contributed by atoms with Crippen LogP contribution in [-0.2, 0) is 0 Å². The summed E-state index contributed by atoms with van der Waals surface area (Å²) in [6.07, 6.45) is 1.47. The van der Waals surface area contributed by atoms with Crippen LogP contribution in [0.3, 0.4) is 0 Å². The highest BCUT2D eigenvalue weighted by Crippen LogP contribution is 2.26. The second-order valence-corrected chi connectivity index (χ2v) is 4.72. The number of nitrogen functional groups attached to an aromatic ring is 1. The molecule has 17 heavy (non-hydrogen) atoms. The Bertz CT molecular complexity index is 378. The van der Waals surface area contributed by atoms with Crippen LogP contribution in [-0.4, -0.2) is 53.1 Å². The summed E-state index contributed by atoms with van der Waals surface area (Å²) in [5.74, 6) is 6.64. The van der Waals surface area contributed by atoms with E-state index >= 15 is 0 Å². The van der Waals surface area contributed by atoms with E-state index < -0.39 is 0 Å². The number of nitrogens with two attached hydrogens (primary N) is 1. The molecule has 2 heterocycles. The first kappa shape index (κ1) is 12.5. The zero-order valence-corrected chi connectivity index (χ0v) is 11.2. The predicted molar refractivity (Wildman–Crippen MR) is 70.2 cm³/mol. The van der Waals surface area contributed by atoms with E-state index in [1.165, 1.54) is 6.33 Å². The van der Waals surface area contributed by atoms with Gasteiger partial charge in [-0.25, -0.2) is 20.8 Å². The summed E-state index contributed by atoms with van der Waals surface area (Å²) >= 11 is 3.41. The Morgan fingerprint density at radius 2 is 1.88 bits per heavy atom. The minimum atomic E-state index is 0.566. The molecule has 0 aliphatic carbocycles. The maximum absolute atomic E-state index is 5.35. The van der Waals surface area contributed by atoms with Crippen molar-refractivity contribution < 1.29 is 0 Å². The first-order valence-electron chi connectivity index (χ1n) is 5.38. The lowest BCUT2D eigenvalue weighted by atomic mass is 10.4. The van der Waals surface area contributed by atoms with Crippen LogP contribution in [0.15, 0.2) is 10.8 Å². The Morgan fingerprint density at radius 3 is 2.53 bits per heavy atom. The van der Waals surface area contributed by atoms with E-state index in [0.29, 0.717) is 5.82 Å². The Hall–Kier alpha value is -0.960. The molecule has 1 aliphatic heterocycles. The zero-order chi connectivity index (χ0) is 12.3. The smallest absolute Gasteiger partial charge is 0.160 e. The van der Waals surface area contributed by atoms with Crippen LogP contribution in [0.1, 0.15) is 0 Å². The molecule has 0 atom stereocenters. The number of aromatic nitrogens is 2. The summed E-state index contributed by atoms with van der Waals surface area (Å²) in [4.78, 5) is 10.5. The molecule has 7 nitrogen and oxygen atoms in total. The quantitative estimate of drug-likeness (QED) is 0.539. The molecule has 1 aromatic heterocycles. The third kappa shape index (κ3) is 3.03. The van der Waals surface area contributed by atoms with Gasteiger partial charge in [-0.15, -0.1) is 0 Å². The molecule has 8 heteroatoms. The Labute approximate surface area is 108 Å². The molecule has 0 amide bonds. The fourth-order valence-corrected chi connectivity index (χ4v) is 2.02. The Balaban J connectivity index is 2.03. The van der Waals surface area contributed by atoms with Crippen LogP contribution in [0, 0.1) is 0 Å². The topological polar surface area (TPSA) is 82.3 Å². The number of anilines is 2. The van der Waals surface area contributed by atoms with Crippen molar-refractivity contribution >= 4 is 27.6 Å². The van der Waals surface area contributed by atoms with Gasteiger partial charge in [-0.05, 0) is 23.0 Å². The highest BCUT2D eigenvalue weighted by Gasteiger charge is 2.16. The minimum absolute atomic E-state index is 0.566. The largest absolute Gasteiger partial charge is 0.307 e. The van der Waals surface area contributed by atoms with Gasteiger partial charge in [-0.2, -0.15) is 0 Å². The molecule has 0 aromatic carbocycles. The van der Waals surface area contributed by atoms with Crippen molar-refractivity contribution in [3.63, 3.8) is 0 Å². The van der Waals surface area contributed by atoms with Gasteiger partial charge in [0.2, 0.25) is 0 Å². The normalized spacial score (nSPS) is 18.1. The van der Waals surface area contributed by atoms with Crippen molar-refractivity contribution in [2.24, 2.45) is 5.84 Å². The molecule has 1 fully saturated rings. The van der Waals surface area contributed by atoms with E-state index in [4.69, 9.17) is 5.84 Å². The summed E-state index contributed by atoms with van der Waals surface area (Å²) in [6.45, 7) is 3.99. The number of hydrazine groups is 2. The molecule has 94 valence electrons. The third-order valence-corrected chi connectivity index (χ3v) is 3.44. The number of piperazine rings is 1. The van der Waals surface area contributed by atoms with E-state index in [1.54, 1.807) is 0 Å². The summed E-state index contributed by atoms with van der Waals surface area (Å²) in [5.41, 5.74) is 5.77. The SMILES string of the molecule is CN1CCN(Nc2ncnc(NN)c2Br)CC1. The minimum Gasteiger partial charge on any atom is -0.307 e. The van der Waals surface area contributed by atoms with Gasteiger partial charge >= 0.3 is 0 Å². The molecule has 0 bridgehead atoms. The summed E-state index contributed by atoms with van der Waals surface area (Å²) in [6, 6.07) is 0. The van der Waals surface area contributed by atoms with Gasteiger partial charge in [0.1, 0.15) is 10.8 Å². The molecule has 1 saturated heterocycles. The molecule has 4 N–H and O–H groups in total. The van der Waals surface area contributed by atoms with Gasteiger partial charge in [-0.1, -0.05) is 0 Å². The fourth-order valence-electron chi connectivity index (χ4n) is 1.62. The fraction of sp³-hybridized carbons (Fsp3) is 0.556. The van der Waals surface area contributed by atoms with Crippen molar-refractivity contribution in [1.29, 1.82) is 0 Å². The molecule has 1 aliphatic rings. The van der Waals surface area contributed by atoms with E-state index in [9.17, 15) is 0 Å². The number of halogens is 1. The average Bonchev–Trinajstić information content (AvgIpc) is 2.35. The summed E-state index contributed by atoms with van der Waals surface area (Å²) in [7, 11) is 2.12. The Morgan fingerprint density at radius 1 is 1.24 bits per heavy atom. The second-order valence-electron chi connectivity index (χ2n) is 3.93. The van der Waals surface area contributed by atoms with Crippen LogP contribution >= 0.6 is 15.9 Å². The highest BCUT2D eigenvalue weighted by molar-refractivity contribution is 9.10. The lowest BCUT2D eigenvalue weighted by Crippen LogP contribution is -2.47. The lowest BCUT2D eigenvalue weighted by molar-refractivity contribution is 0.178. The summed E-state index contributed by atoms with van der Waals surface area (Å²) in [5, 5.41) is 2.13. The van der Waals surface area contributed by atoms with Gasteiger partial charge in [0.25, 0.3) is 0 Å². The van der Waals surface area contributed by atoms with Gasteiger partial charge in [0.15, 0.2) is 11.6 Å². The number of nitrogens with zero attached hydrogens (tertiary/aromatic N) is 4. The van der Waals surface area contributed by atoms with Crippen molar-refractivity contribution in [1.82, 2.24) is 19.9 Å². The monoisotopic (exact) mass is 301 g/mol. The van der Waals surface area contributed by atoms with Gasteiger partial charge in [0, 0.05) is 26.2 Å². The van der Waals surface area contributed by atoms with Gasteiger partial charge in [-0.3, -0.25) is 0 Å². The number of likely N-dealkylation sites (N-methyl/N-ethyl adjacent to an activating group) is 1. The van der Waals surface area contributed by atoms with Gasteiger partial charge in [0.05, 0.1) is 0 Å². The lowest BCUT2D eigenvalue weighted by Gasteiger charge is -2.32. The summed E-state index contributed by atoms with van der Waals surface area (Å²) < 4.78 is 0.737. The zero-order valence-electron chi connectivity index (χ0n) is 9.65. The molecule has 1 aromatic rings. The second kappa shape index (κ2) is 5.58. The average molecular weight is 302 g/mol. The first-order valence-corrected chi connectivity index (χ1v) is 6.17. The van der Waals surface area contributed by atoms with E-state index in [-0.39, 0.29) is 0 Å². The molecule has 0 radical (unpaired) electrons. The third-order valence-electron chi connectivity index (χ3n) is 2.69. The van der Waals surface area contributed by atoms with Crippen molar-refractivity contribution in [3.05, 3.63) is 10.8 Å². The molecule has 0 unspecified atom stereocenters. The highest BCUT2D eigenvalue weighted by atomic mass is 79.9.